The van der Waals surface area contributed by atoms with Crippen LogP contribution in [0.25, 0.3) is 0 Å². The third kappa shape index (κ3) is 4.10. The van der Waals surface area contributed by atoms with Crippen molar-refractivity contribution in [2.24, 2.45) is 5.92 Å². The van der Waals surface area contributed by atoms with Crippen molar-refractivity contribution in [2.45, 2.75) is 38.6 Å². The summed E-state index contributed by atoms with van der Waals surface area (Å²) in [5.41, 5.74) is 0.554. The fourth-order valence-corrected chi connectivity index (χ4v) is 2.69. The molecule has 2 rings (SSSR count). The Hall–Kier alpha value is -1.29. The van der Waals surface area contributed by atoms with Gasteiger partial charge in [-0.3, -0.25) is 4.79 Å². The van der Waals surface area contributed by atoms with Gasteiger partial charge in [0.15, 0.2) is 0 Å². The molecule has 1 fully saturated rings. The summed E-state index contributed by atoms with van der Waals surface area (Å²) in [6.07, 6.45) is 4.63. The first kappa shape index (κ1) is 15.1. The molecule has 2 N–H and O–H groups in total. The van der Waals surface area contributed by atoms with E-state index in [9.17, 15) is 9.18 Å². The molecule has 1 aliphatic carbocycles. The first-order valence-corrected chi connectivity index (χ1v) is 7.42. The van der Waals surface area contributed by atoms with E-state index < -0.39 is 5.82 Å². The van der Waals surface area contributed by atoms with Gasteiger partial charge in [-0.15, -0.1) is 0 Å². The fourth-order valence-electron chi connectivity index (χ4n) is 2.58. The van der Waals surface area contributed by atoms with Crippen molar-refractivity contribution < 1.29 is 9.18 Å². The van der Waals surface area contributed by atoms with Crippen molar-refractivity contribution in [3.05, 3.63) is 29.0 Å². The molecule has 2 unspecified atom stereocenters. The van der Waals surface area contributed by atoms with Gasteiger partial charge in [0.2, 0.25) is 5.91 Å². The molecule has 0 radical (unpaired) electrons. The fraction of sp³-hybridized carbons (Fsp3) is 0.533. The molecule has 0 aliphatic heterocycles. The van der Waals surface area contributed by atoms with E-state index in [1.807, 2.05) is 0 Å². The molecule has 1 saturated carbocycles. The number of anilines is 1. The highest BCUT2D eigenvalue weighted by Gasteiger charge is 2.22. The largest absolute Gasteiger partial charge is 0.376 e. The van der Waals surface area contributed by atoms with E-state index in [2.05, 4.69) is 17.6 Å². The summed E-state index contributed by atoms with van der Waals surface area (Å²) in [5, 5.41) is 6.03. The van der Waals surface area contributed by atoms with Crippen LogP contribution in [-0.4, -0.2) is 18.5 Å². The van der Waals surface area contributed by atoms with Gasteiger partial charge < -0.3 is 10.6 Å². The van der Waals surface area contributed by atoms with Gasteiger partial charge in [-0.25, -0.2) is 4.39 Å². The molecule has 0 heterocycles. The van der Waals surface area contributed by atoms with E-state index in [0.717, 1.165) is 6.42 Å². The lowest BCUT2D eigenvalue weighted by molar-refractivity contribution is -0.120. The van der Waals surface area contributed by atoms with Crippen molar-refractivity contribution in [2.75, 3.05) is 11.9 Å². The maximum absolute atomic E-state index is 13.3. The maximum Gasteiger partial charge on any atom is 0.239 e. The zero-order valence-corrected chi connectivity index (χ0v) is 12.3. The van der Waals surface area contributed by atoms with E-state index in [4.69, 9.17) is 11.6 Å². The lowest BCUT2D eigenvalue weighted by Crippen LogP contribution is -2.43. The number of carbonyl (C=O) groups is 1. The number of halogens is 2. The zero-order valence-electron chi connectivity index (χ0n) is 11.6. The lowest BCUT2D eigenvalue weighted by atomic mass is 9.86. The minimum atomic E-state index is -0.488. The SMILES string of the molecule is CC1CCCCC1NC(=O)CNc1ccc(Cl)c(F)c1. The van der Waals surface area contributed by atoms with Crippen LogP contribution >= 0.6 is 11.6 Å². The average Bonchev–Trinajstić information content (AvgIpc) is 2.43. The van der Waals surface area contributed by atoms with Gasteiger partial charge in [0.05, 0.1) is 11.6 Å². The van der Waals surface area contributed by atoms with Gasteiger partial charge in [-0.05, 0) is 37.0 Å². The van der Waals surface area contributed by atoms with Gasteiger partial charge in [-0.2, -0.15) is 0 Å². The van der Waals surface area contributed by atoms with Crippen LogP contribution in [0, 0.1) is 11.7 Å². The van der Waals surface area contributed by atoms with Gasteiger partial charge >= 0.3 is 0 Å². The number of benzene rings is 1. The number of hydrogen-bond donors (Lipinski definition) is 2. The maximum atomic E-state index is 13.3. The first-order chi connectivity index (χ1) is 9.56. The van der Waals surface area contributed by atoms with Gasteiger partial charge in [-0.1, -0.05) is 31.4 Å². The molecule has 1 amide bonds. The molecule has 0 bridgehead atoms. The van der Waals surface area contributed by atoms with Crippen LogP contribution in [0.15, 0.2) is 18.2 Å². The Bertz CT molecular complexity index is 481. The minimum absolute atomic E-state index is 0.0564. The molecule has 2 atom stereocenters. The second-order valence-electron chi connectivity index (χ2n) is 5.42. The summed E-state index contributed by atoms with van der Waals surface area (Å²) in [6.45, 7) is 2.32. The Kier molecular flexibility index (Phi) is 5.24. The number of amides is 1. The predicted molar refractivity (Wildman–Crippen MR) is 79.5 cm³/mol. The lowest BCUT2D eigenvalue weighted by Gasteiger charge is -2.29. The highest BCUT2D eigenvalue weighted by atomic mass is 35.5. The van der Waals surface area contributed by atoms with Crippen molar-refractivity contribution in [3.8, 4) is 0 Å². The molecule has 1 aromatic rings. The van der Waals surface area contributed by atoms with Crippen LogP contribution in [-0.2, 0) is 4.79 Å². The van der Waals surface area contributed by atoms with Crippen LogP contribution in [0.1, 0.15) is 32.6 Å². The summed E-state index contributed by atoms with van der Waals surface area (Å²) < 4.78 is 13.3. The number of rotatable bonds is 4. The van der Waals surface area contributed by atoms with Gasteiger partial charge in [0, 0.05) is 11.7 Å². The Balaban J connectivity index is 1.81. The highest BCUT2D eigenvalue weighted by Crippen LogP contribution is 2.23. The van der Waals surface area contributed by atoms with Crippen molar-refractivity contribution in [1.29, 1.82) is 0 Å². The minimum Gasteiger partial charge on any atom is -0.376 e. The third-order valence-corrected chi connectivity index (χ3v) is 4.14. The second kappa shape index (κ2) is 6.93. The Morgan fingerprint density at radius 3 is 2.85 bits per heavy atom. The molecular formula is C15H20ClFN2O. The standard InChI is InChI=1S/C15H20ClFN2O/c1-10-4-2-3-5-14(10)19-15(20)9-18-11-6-7-12(16)13(17)8-11/h6-8,10,14,18H,2-5,9H2,1H3,(H,19,20). The molecule has 1 aromatic carbocycles. The monoisotopic (exact) mass is 298 g/mol. The van der Waals surface area contributed by atoms with E-state index in [1.54, 1.807) is 6.07 Å². The summed E-state index contributed by atoms with van der Waals surface area (Å²) in [7, 11) is 0. The predicted octanol–water partition coefficient (Wildman–Crippen LogP) is 3.59. The normalized spacial score (nSPS) is 22.4. The van der Waals surface area contributed by atoms with E-state index in [1.165, 1.54) is 31.4 Å². The van der Waals surface area contributed by atoms with Crippen LogP contribution in [0.3, 0.4) is 0 Å². The number of carbonyl (C=O) groups excluding carboxylic acids is 1. The molecule has 110 valence electrons. The Morgan fingerprint density at radius 1 is 1.40 bits per heavy atom. The molecular weight excluding hydrogens is 279 g/mol. The van der Waals surface area contributed by atoms with Crippen LogP contribution in [0.2, 0.25) is 5.02 Å². The summed E-state index contributed by atoms with van der Waals surface area (Å²) in [6, 6.07) is 4.68. The molecule has 0 aromatic heterocycles. The van der Waals surface area contributed by atoms with Crippen LogP contribution < -0.4 is 10.6 Å². The number of hydrogen-bond acceptors (Lipinski definition) is 2. The van der Waals surface area contributed by atoms with Crippen LogP contribution in [0.4, 0.5) is 10.1 Å². The first-order valence-electron chi connectivity index (χ1n) is 7.04. The van der Waals surface area contributed by atoms with Crippen molar-refractivity contribution >= 4 is 23.2 Å². The van der Waals surface area contributed by atoms with E-state index >= 15 is 0 Å². The van der Waals surface area contributed by atoms with Gasteiger partial charge in [0.1, 0.15) is 5.82 Å². The zero-order chi connectivity index (χ0) is 14.5. The quantitative estimate of drug-likeness (QED) is 0.892. The molecule has 20 heavy (non-hydrogen) atoms. The van der Waals surface area contributed by atoms with Crippen molar-refractivity contribution in [1.82, 2.24) is 5.32 Å². The topological polar surface area (TPSA) is 41.1 Å². The molecule has 1 aliphatic rings. The summed E-state index contributed by atoms with van der Waals surface area (Å²) in [5.74, 6) is -0.0160. The second-order valence-corrected chi connectivity index (χ2v) is 5.83. The highest BCUT2D eigenvalue weighted by molar-refractivity contribution is 6.30. The summed E-state index contributed by atoms with van der Waals surface area (Å²) in [4.78, 5) is 11.9. The van der Waals surface area contributed by atoms with Crippen LogP contribution in [0.5, 0.6) is 0 Å². The van der Waals surface area contributed by atoms with Gasteiger partial charge in [0.25, 0.3) is 0 Å². The third-order valence-electron chi connectivity index (χ3n) is 3.83. The van der Waals surface area contributed by atoms with Crippen molar-refractivity contribution in [3.63, 3.8) is 0 Å². The number of nitrogens with one attached hydrogen (secondary N) is 2. The Labute approximate surface area is 123 Å². The Morgan fingerprint density at radius 2 is 2.15 bits per heavy atom. The smallest absolute Gasteiger partial charge is 0.239 e. The molecule has 5 heteroatoms. The average molecular weight is 299 g/mol. The molecule has 0 spiro atoms. The van der Waals surface area contributed by atoms with E-state index in [0.29, 0.717) is 11.6 Å². The molecule has 0 saturated heterocycles. The summed E-state index contributed by atoms with van der Waals surface area (Å²) >= 11 is 5.61. The molecule has 3 nitrogen and oxygen atoms in total. The van der Waals surface area contributed by atoms with E-state index in [-0.39, 0.29) is 23.5 Å².